The van der Waals surface area contributed by atoms with Gasteiger partial charge in [0.25, 0.3) is 0 Å². The van der Waals surface area contributed by atoms with Crippen molar-refractivity contribution in [3.63, 3.8) is 0 Å². The molecule has 4 atom stereocenters. The van der Waals surface area contributed by atoms with Crippen LogP contribution < -0.4 is 0 Å². The molecule has 3 aliphatic rings. The molecular weight excluding hydrogens is 244 g/mol. The minimum atomic E-state index is -1.40. The molecule has 2 N–H and O–H groups in total. The summed E-state index contributed by atoms with van der Waals surface area (Å²) in [5.41, 5.74) is -0.488. The molecule has 0 fully saturated rings. The smallest absolute Gasteiger partial charge is 0.339 e. The summed E-state index contributed by atoms with van der Waals surface area (Å²) in [5, 5.41) is 21.1. The highest BCUT2D eigenvalue weighted by Gasteiger charge is 2.58. The second kappa shape index (κ2) is 3.58. The van der Waals surface area contributed by atoms with Gasteiger partial charge in [-0.25, -0.2) is 4.79 Å². The van der Waals surface area contributed by atoms with E-state index in [0.717, 1.165) is 5.57 Å². The van der Waals surface area contributed by atoms with Gasteiger partial charge in [0, 0.05) is 16.6 Å². The van der Waals surface area contributed by atoms with Gasteiger partial charge in [-0.15, -0.1) is 0 Å². The average molecular weight is 262 g/mol. The van der Waals surface area contributed by atoms with E-state index >= 15 is 0 Å². The van der Waals surface area contributed by atoms with Crippen molar-refractivity contribution in [2.24, 2.45) is 11.3 Å². The van der Waals surface area contributed by atoms with Gasteiger partial charge in [0.2, 0.25) is 0 Å². The highest BCUT2D eigenvalue weighted by Crippen LogP contribution is 2.55. The lowest BCUT2D eigenvalue weighted by atomic mass is 9.55. The van der Waals surface area contributed by atoms with Gasteiger partial charge in [-0.3, -0.25) is 0 Å². The number of carbonyl (C=O) groups is 1. The third kappa shape index (κ3) is 1.38. The van der Waals surface area contributed by atoms with Crippen molar-refractivity contribution >= 4 is 5.97 Å². The molecule has 4 heteroatoms. The standard InChI is InChI=1S/C15H18O4/c1-8-4-5-12(16)15(18)7-11-10(6-14(8,15)3)9(2)13(17)19-11/h4-5,7-8,12,16,18H,6H2,1-3H3/t8-,12-,14+,15+/m0/s1. The highest BCUT2D eigenvalue weighted by molar-refractivity contribution is 5.94. The summed E-state index contributed by atoms with van der Waals surface area (Å²) < 4.78 is 5.17. The van der Waals surface area contributed by atoms with Crippen LogP contribution >= 0.6 is 0 Å². The maximum atomic E-state index is 11.6. The van der Waals surface area contributed by atoms with Crippen molar-refractivity contribution in [2.45, 2.75) is 38.9 Å². The van der Waals surface area contributed by atoms with E-state index in [2.05, 4.69) is 0 Å². The number of esters is 1. The second-order valence-electron chi connectivity index (χ2n) is 6.04. The first-order valence-electron chi connectivity index (χ1n) is 6.53. The Morgan fingerprint density at radius 2 is 2.11 bits per heavy atom. The molecule has 4 nitrogen and oxygen atoms in total. The molecule has 0 aromatic heterocycles. The van der Waals surface area contributed by atoms with E-state index in [-0.39, 0.29) is 11.9 Å². The van der Waals surface area contributed by atoms with Crippen LogP contribution in [-0.4, -0.2) is 27.9 Å². The highest BCUT2D eigenvalue weighted by atomic mass is 16.5. The number of ether oxygens (including phenoxy) is 1. The molecule has 0 aromatic carbocycles. The first kappa shape index (κ1) is 12.6. The monoisotopic (exact) mass is 262 g/mol. The molecule has 0 spiro atoms. The Morgan fingerprint density at radius 1 is 1.42 bits per heavy atom. The van der Waals surface area contributed by atoms with Crippen molar-refractivity contribution in [3.05, 3.63) is 35.1 Å². The number of aliphatic hydroxyl groups excluding tert-OH is 1. The van der Waals surface area contributed by atoms with Crippen LogP contribution in [0.4, 0.5) is 0 Å². The van der Waals surface area contributed by atoms with Crippen molar-refractivity contribution in [1.82, 2.24) is 0 Å². The second-order valence-corrected chi connectivity index (χ2v) is 6.04. The summed E-state index contributed by atoms with van der Waals surface area (Å²) >= 11 is 0. The zero-order valence-corrected chi connectivity index (χ0v) is 11.3. The van der Waals surface area contributed by atoms with Gasteiger partial charge in [0.1, 0.15) is 17.5 Å². The zero-order valence-electron chi connectivity index (χ0n) is 11.3. The summed E-state index contributed by atoms with van der Waals surface area (Å²) in [7, 11) is 0. The van der Waals surface area contributed by atoms with Gasteiger partial charge >= 0.3 is 5.97 Å². The molecule has 3 rings (SSSR count). The molecule has 1 heterocycles. The molecule has 0 saturated heterocycles. The fourth-order valence-corrected chi connectivity index (χ4v) is 3.34. The number of fused-ring (bicyclic) bond motifs is 2. The predicted molar refractivity (Wildman–Crippen MR) is 68.9 cm³/mol. The van der Waals surface area contributed by atoms with Crippen LogP contribution in [0.3, 0.4) is 0 Å². The van der Waals surface area contributed by atoms with Crippen LogP contribution in [0.15, 0.2) is 35.1 Å². The molecule has 1 aliphatic heterocycles. The van der Waals surface area contributed by atoms with Crippen LogP contribution in [0.25, 0.3) is 0 Å². The van der Waals surface area contributed by atoms with Crippen molar-refractivity contribution < 1.29 is 19.7 Å². The van der Waals surface area contributed by atoms with Crippen LogP contribution in [0.1, 0.15) is 27.2 Å². The molecule has 0 aromatic rings. The number of hydrogen-bond donors (Lipinski definition) is 2. The summed E-state index contributed by atoms with van der Waals surface area (Å²) in [5.74, 6) is 0.140. The lowest BCUT2D eigenvalue weighted by Gasteiger charge is -2.53. The quantitative estimate of drug-likeness (QED) is 0.512. The molecule has 0 saturated carbocycles. The Morgan fingerprint density at radius 3 is 2.79 bits per heavy atom. The minimum Gasteiger partial charge on any atom is -0.423 e. The fraction of sp³-hybridized carbons (Fsp3) is 0.533. The van der Waals surface area contributed by atoms with Crippen LogP contribution in [-0.2, 0) is 9.53 Å². The topological polar surface area (TPSA) is 66.8 Å². The Hall–Kier alpha value is -1.39. The lowest BCUT2D eigenvalue weighted by Crippen LogP contribution is -2.59. The van der Waals surface area contributed by atoms with E-state index in [1.807, 2.05) is 19.9 Å². The number of allylic oxidation sites excluding steroid dienone is 2. The molecule has 0 unspecified atom stereocenters. The molecule has 0 amide bonds. The fourth-order valence-electron chi connectivity index (χ4n) is 3.34. The molecule has 102 valence electrons. The summed E-state index contributed by atoms with van der Waals surface area (Å²) in [6.45, 7) is 5.70. The first-order chi connectivity index (χ1) is 8.79. The predicted octanol–water partition coefficient (Wildman–Crippen LogP) is 1.45. The summed E-state index contributed by atoms with van der Waals surface area (Å²) in [6.07, 6.45) is 4.59. The molecule has 19 heavy (non-hydrogen) atoms. The van der Waals surface area contributed by atoms with Crippen molar-refractivity contribution in [1.29, 1.82) is 0 Å². The van der Waals surface area contributed by atoms with Crippen LogP contribution in [0, 0.1) is 11.3 Å². The number of hydrogen-bond acceptors (Lipinski definition) is 4. The van der Waals surface area contributed by atoms with Gasteiger partial charge in [-0.05, 0) is 25.3 Å². The first-order valence-corrected chi connectivity index (χ1v) is 6.53. The molecular formula is C15H18O4. The van der Waals surface area contributed by atoms with E-state index in [1.165, 1.54) is 6.08 Å². The minimum absolute atomic E-state index is 0.0923. The Bertz CT molecular complexity index is 556. The Labute approximate surface area is 112 Å². The van der Waals surface area contributed by atoms with E-state index < -0.39 is 17.1 Å². The Kier molecular flexibility index (Phi) is 2.38. The van der Waals surface area contributed by atoms with E-state index in [9.17, 15) is 15.0 Å². The van der Waals surface area contributed by atoms with E-state index in [1.54, 1.807) is 13.0 Å². The third-order valence-corrected chi connectivity index (χ3v) is 5.11. The van der Waals surface area contributed by atoms with E-state index in [4.69, 9.17) is 4.74 Å². The number of aliphatic hydroxyl groups is 2. The van der Waals surface area contributed by atoms with Crippen molar-refractivity contribution in [2.75, 3.05) is 0 Å². The third-order valence-electron chi connectivity index (χ3n) is 5.11. The van der Waals surface area contributed by atoms with Crippen molar-refractivity contribution in [3.8, 4) is 0 Å². The zero-order chi connectivity index (χ0) is 14.0. The average Bonchev–Trinajstić information content (AvgIpc) is 2.61. The van der Waals surface area contributed by atoms with Gasteiger partial charge < -0.3 is 14.9 Å². The number of rotatable bonds is 0. The molecule has 2 aliphatic carbocycles. The maximum absolute atomic E-state index is 11.6. The molecule has 0 bridgehead atoms. The van der Waals surface area contributed by atoms with Crippen LogP contribution in [0.5, 0.6) is 0 Å². The molecule has 0 radical (unpaired) electrons. The SMILES string of the molecule is CC1=C2C[C@]3(C)[C@@H](C)C=C[C@H](O)[C@]3(O)C=C2OC1=O. The largest absolute Gasteiger partial charge is 0.423 e. The van der Waals surface area contributed by atoms with Gasteiger partial charge in [0.05, 0.1) is 0 Å². The van der Waals surface area contributed by atoms with Gasteiger partial charge in [-0.1, -0.05) is 26.0 Å². The van der Waals surface area contributed by atoms with Crippen LogP contribution in [0.2, 0.25) is 0 Å². The van der Waals surface area contributed by atoms with Gasteiger partial charge in [0.15, 0.2) is 0 Å². The Balaban J connectivity index is 2.21. The maximum Gasteiger partial charge on any atom is 0.339 e. The summed E-state index contributed by atoms with van der Waals surface area (Å²) in [4.78, 5) is 11.6. The lowest BCUT2D eigenvalue weighted by molar-refractivity contribution is -0.137. The van der Waals surface area contributed by atoms with E-state index in [0.29, 0.717) is 17.8 Å². The van der Waals surface area contributed by atoms with Gasteiger partial charge in [-0.2, -0.15) is 0 Å². The normalized spacial score (nSPS) is 44.7. The number of carbonyl (C=O) groups excluding carboxylic acids is 1. The summed E-state index contributed by atoms with van der Waals surface area (Å²) in [6, 6.07) is 0.